The van der Waals surface area contributed by atoms with Crippen molar-refractivity contribution in [3.8, 4) is 0 Å². The van der Waals surface area contributed by atoms with Crippen LogP contribution in [-0.4, -0.2) is 55.7 Å². The van der Waals surface area contributed by atoms with Gasteiger partial charge in [0.2, 0.25) is 0 Å². The van der Waals surface area contributed by atoms with Crippen molar-refractivity contribution >= 4 is 17.9 Å². The Morgan fingerprint density at radius 2 is 1.64 bits per heavy atom. The third-order valence-electron chi connectivity index (χ3n) is 1.78. The second-order valence-electron chi connectivity index (χ2n) is 3.56. The topological polar surface area (TPSA) is 93.1 Å². The number of carboxylic acid groups (broad SMARTS) is 1. The monoisotopic (exact) mass is 315 g/mol. The summed E-state index contributed by atoms with van der Waals surface area (Å²) in [6, 6.07) is 0. The van der Waals surface area contributed by atoms with Gasteiger partial charge in [-0.05, 0) is 13.8 Å². The molecule has 0 saturated carbocycles. The van der Waals surface area contributed by atoms with Gasteiger partial charge in [0, 0.05) is 26.2 Å². The molecule has 0 aromatic rings. The average Bonchev–Trinajstić information content (AvgIpc) is 2.48. The zero-order valence-corrected chi connectivity index (χ0v) is 13.8. The molecule has 0 atom stereocenters. The van der Waals surface area contributed by atoms with Gasteiger partial charge in [0.05, 0.1) is 13.7 Å². The Kier molecular flexibility index (Phi) is 18.3. The van der Waals surface area contributed by atoms with Gasteiger partial charge in [-0.15, -0.1) is 0 Å². The Bertz CT molecular complexity index is 399. The van der Waals surface area contributed by atoms with Crippen molar-refractivity contribution in [1.82, 2.24) is 4.90 Å². The highest BCUT2D eigenvalue weighted by Crippen LogP contribution is 2.00. The van der Waals surface area contributed by atoms with Crippen molar-refractivity contribution in [2.75, 3.05) is 27.8 Å². The summed E-state index contributed by atoms with van der Waals surface area (Å²) in [6.07, 6.45) is 3.68. The van der Waals surface area contributed by atoms with E-state index in [-0.39, 0.29) is 5.97 Å². The van der Waals surface area contributed by atoms with Crippen LogP contribution in [0.25, 0.3) is 0 Å². The molecule has 0 spiro atoms. The van der Waals surface area contributed by atoms with Crippen LogP contribution < -0.4 is 0 Å². The maximum Gasteiger partial charge on any atom is 0.354 e. The molecule has 22 heavy (non-hydrogen) atoms. The third kappa shape index (κ3) is 17.4. The number of likely N-dealkylation sites (N-methyl/N-ethyl adjacent to an activating group) is 1. The molecule has 0 aliphatic carbocycles. The predicted molar refractivity (Wildman–Crippen MR) is 84.1 cm³/mol. The average molecular weight is 315 g/mol. The molecule has 0 heterocycles. The summed E-state index contributed by atoms with van der Waals surface area (Å²) < 4.78 is 8.95. The molecule has 0 saturated heterocycles. The third-order valence-corrected chi connectivity index (χ3v) is 1.78. The van der Waals surface area contributed by atoms with E-state index in [1.807, 2.05) is 21.0 Å². The lowest BCUT2D eigenvalue weighted by Crippen LogP contribution is -2.21. The van der Waals surface area contributed by atoms with Crippen molar-refractivity contribution in [2.24, 2.45) is 0 Å². The first kappa shape index (κ1) is 24.4. The predicted octanol–water partition coefficient (Wildman–Crippen LogP) is 1.62. The normalized spacial score (nSPS) is 8.86. The Balaban J connectivity index is -0.000000277. The largest absolute Gasteiger partial charge is 0.478 e. The number of esters is 2. The molecule has 0 aliphatic heterocycles. The molecule has 0 aromatic carbocycles. The van der Waals surface area contributed by atoms with Crippen LogP contribution in [0.2, 0.25) is 0 Å². The number of hydrogen-bond donors (Lipinski definition) is 1. The molecule has 0 rings (SSSR count). The van der Waals surface area contributed by atoms with E-state index in [1.54, 1.807) is 17.9 Å². The van der Waals surface area contributed by atoms with E-state index in [1.165, 1.54) is 7.11 Å². The zero-order chi connectivity index (χ0) is 18.1. The fourth-order valence-corrected chi connectivity index (χ4v) is 0.847. The fraction of sp³-hybridized carbons (Fsp3) is 0.400. The molecule has 0 fully saturated rings. The number of nitrogens with zero attached hydrogens (tertiary/aromatic N) is 1. The van der Waals surface area contributed by atoms with Gasteiger partial charge in [0.1, 0.15) is 5.70 Å². The molecule has 7 heteroatoms. The van der Waals surface area contributed by atoms with Crippen molar-refractivity contribution < 1.29 is 29.0 Å². The highest BCUT2D eigenvalue weighted by Gasteiger charge is 2.09. The van der Waals surface area contributed by atoms with Crippen LogP contribution in [0.1, 0.15) is 13.8 Å². The van der Waals surface area contributed by atoms with E-state index in [0.29, 0.717) is 12.3 Å². The minimum Gasteiger partial charge on any atom is -0.478 e. The van der Waals surface area contributed by atoms with Crippen molar-refractivity contribution in [2.45, 2.75) is 13.8 Å². The van der Waals surface area contributed by atoms with Gasteiger partial charge in [-0.2, -0.15) is 0 Å². The Hall–Kier alpha value is -2.57. The number of methoxy groups -OCH3 is 1. The summed E-state index contributed by atoms with van der Waals surface area (Å²) in [4.78, 5) is 31.9. The van der Waals surface area contributed by atoms with Crippen LogP contribution in [-0.2, 0) is 23.9 Å². The Labute approximate surface area is 131 Å². The van der Waals surface area contributed by atoms with E-state index in [9.17, 15) is 14.4 Å². The van der Waals surface area contributed by atoms with Gasteiger partial charge in [0.25, 0.3) is 0 Å². The number of carbonyl (C=O) groups is 3. The molecule has 7 nitrogen and oxygen atoms in total. The van der Waals surface area contributed by atoms with E-state index < -0.39 is 11.9 Å². The first-order valence-electron chi connectivity index (χ1n) is 6.28. The van der Waals surface area contributed by atoms with Crippen LogP contribution in [0.4, 0.5) is 0 Å². The summed E-state index contributed by atoms with van der Waals surface area (Å²) in [5.41, 5.74) is 0.590. The Morgan fingerprint density at radius 1 is 1.18 bits per heavy atom. The smallest absolute Gasteiger partial charge is 0.354 e. The molecule has 0 radical (unpaired) electrons. The SMILES string of the molecule is C=CC(=O)O.C=CC(=O)OC.CC=C(C(=O)OCC)N(C)C. The van der Waals surface area contributed by atoms with Gasteiger partial charge < -0.3 is 19.5 Å². The van der Waals surface area contributed by atoms with Gasteiger partial charge in [-0.3, -0.25) is 0 Å². The van der Waals surface area contributed by atoms with Crippen LogP contribution >= 0.6 is 0 Å². The first-order valence-corrected chi connectivity index (χ1v) is 6.28. The summed E-state index contributed by atoms with van der Waals surface area (Å²) in [7, 11) is 4.93. The Morgan fingerprint density at radius 3 is 1.77 bits per heavy atom. The van der Waals surface area contributed by atoms with Crippen molar-refractivity contribution in [3.63, 3.8) is 0 Å². The zero-order valence-electron chi connectivity index (χ0n) is 13.8. The van der Waals surface area contributed by atoms with Gasteiger partial charge >= 0.3 is 17.9 Å². The number of rotatable bonds is 5. The minimum absolute atomic E-state index is 0.264. The number of allylic oxidation sites excluding steroid dienone is 1. The standard InChI is InChI=1S/C8H15NO2.C4H6O2.C3H4O2/c1-5-7(9(3)4)8(10)11-6-2;1-3-4(5)6-2;1-2-3(4)5/h5H,6H2,1-4H3;3H,1H2,2H3;2H,1H2,(H,4,5). The molecule has 0 amide bonds. The van der Waals surface area contributed by atoms with Crippen LogP contribution in [0.3, 0.4) is 0 Å². The maximum atomic E-state index is 11.1. The van der Waals surface area contributed by atoms with Crippen molar-refractivity contribution in [3.05, 3.63) is 37.1 Å². The lowest BCUT2D eigenvalue weighted by molar-refractivity contribution is -0.140. The van der Waals surface area contributed by atoms with E-state index in [4.69, 9.17) is 9.84 Å². The van der Waals surface area contributed by atoms with E-state index in [2.05, 4.69) is 17.9 Å². The van der Waals surface area contributed by atoms with Crippen LogP contribution in [0, 0.1) is 0 Å². The van der Waals surface area contributed by atoms with Crippen LogP contribution in [0.15, 0.2) is 37.1 Å². The van der Waals surface area contributed by atoms with Crippen molar-refractivity contribution in [1.29, 1.82) is 0 Å². The summed E-state index contributed by atoms with van der Waals surface area (Å²) in [6.45, 7) is 10.1. The molecule has 0 bridgehead atoms. The summed E-state index contributed by atoms with van der Waals surface area (Å²) >= 11 is 0. The molecule has 0 aromatic heterocycles. The fourth-order valence-electron chi connectivity index (χ4n) is 0.847. The minimum atomic E-state index is -0.981. The quantitative estimate of drug-likeness (QED) is 0.608. The molecule has 0 unspecified atom stereocenters. The highest BCUT2D eigenvalue weighted by atomic mass is 16.5. The van der Waals surface area contributed by atoms with Gasteiger partial charge in [0.15, 0.2) is 0 Å². The lowest BCUT2D eigenvalue weighted by Gasteiger charge is -2.14. The maximum absolute atomic E-state index is 11.1. The van der Waals surface area contributed by atoms with Gasteiger partial charge in [-0.1, -0.05) is 19.2 Å². The number of aliphatic carboxylic acids is 1. The number of carboxylic acids is 1. The first-order chi connectivity index (χ1) is 10.2. The molecule has 0 aliphatic rings. The van der Waals surface area contributed by atoms with Crippen LogP contribution in [0.5, 0.6) is 0 Å². The second kappa shape index (κ2) is 16.5. The summed E-state index contributed by atoms with van der Waals surface area (Å²) in [5.74, 6) is -1.64. The highest BCUT2D eigenvalue weighted by molar-refractivity contribution is 5.87. The second-order valence-corrected chi connectivity index (χ2v) is 3.56. The van der Waals surface area contributed by atoms with E-state index in [0.717, 1.165) is 12.2 Å². The molecular formula is C15H25NO6. The lowest BCUT2D eigenvalue weighted by atomic mass is 10.4. The number of ether oxygens (including phenoxy) is 2. The number of hydrogen-bond acceptors (Lipinski definition) is 6. The molecular weight excluding hydrogens is 290 g/mol. The summed E-state index contributed by atoms with van der Waals surface area (Å²) in [5, 5.41) is 7.60. The molecule has 1 N–H and O–H groups in total. The van der Waals surface area contributed by atoms with Gasteiger partial charge in [-0.25, -0.2) is 14.4 Å². The molecule has 126 valence electrons. The number of carbonyl (C=O) groups excluding carboxylic acids is 2. The van der Waals surface area contributed by atoms with E-state index >= 15 is 0 Å².